The van der Waals surface area contributed by atoms with Crippen LogP contribution in [0.25, 0.3) is 0 Å². The summed E-state index contributed by atoms with van der Waals surface area (Å²) in [4.78, 5) is 26.9. The Balaban J connectivity index is 1.78. The molecule has 1 aromatic carbocycles. The molecule has 2 bridgehead atoms. The van der Waals surface area contributed by atoms with E-state index in [1.807, 2.05) is 30.3 Å². The summed E-state index contributed by atoms with van der Waals surface area (Å²) in [7, 11) is 0. The molecule has 3 nitrogen and oxygen atoms in total. The molecule has 0 saturated heterocycles. The normalized spacial score (nSPS) is 29.6. The van der Waals surface area contributed by atoms with Gasteiger partial charge >= 0.3 is 183 Å². The molecule has 29 heavy (non-hydrogen) atoms. The first-order chi connectivity index (χ1) is 13.8. The van der Waals surface area contributed by atoms with Crippen LogP contribution in [0.5, 0.6) is 0 Å². The molecular weight excluding hydrogens is 425 g/mol. The third kappa shape index (κ3) is 4.08. The van der Waals surface area contributed by atoms with Crippen molar-refractivity contribution < 1.29 is 9.59 Å². The number of rotatable bonds is 9. The van der Waals surface area contributed by atoms with Crippen LogP contribution in [0.3, 0.4) is 0 Å². The van der Waals surface area contributed by atoms with Gasteiger partial charge in [0.2, 0.25) is 0 Å². The Morgan fingerprint density at radius 1 is 1.14 bits per heavy atom. The van der Waals surface area contributed by atoms with Gasteiger partial charge in [0.05, 0.1) is 0 Å². The maximum absolute atomic E-state index is 13.4. The number of ketones is 1. The number of Topliss-reactive ketones (excluding diaryl/α,β-unsaturated/α-hetero) is 1. The summed E-state index contributed by atoms with van der Waals surface area (Å²) in [6.07, 6.45) is 6.46. The summed E-state index contributed by atoms with van der Waals surface area (Å²) in [5.74, 6) is 1.06. The van der Waals surface area contributed by atoms with Crippen molar-refractivity contribution in [1.82, 2.24) is 5.32 Å². The molecule has 1 aromatic rings. The molecule has 0 aromatic heterocycles. The molecule has 2 aliphatic rings. The number of nitrogens with one attached hydrogen (secondary N) is 1. The first-order valence-electron chi connectivity index (χ1n) is 11.3. The first-order valence-corrected chi connectivity index (χ1v) is 13.3. The minimum atomic E-state index is -0.144. The van der Waals surface area contributed by atoms with Crippen molar-refractivity contribution in [2.45, 2.75) is 88.8 Å². The standard InChI is InChI=1S/C25H37NO2Se/c1-6-11-19(26-23(28)17-13-9-8-10-14-17)20(12-7-2)29-21-18-15-16-25(5,22(21)27)24(18,3)4/h8-10,13-14,18-21H,6-7,11-12,15-16H2,1-5H3,(H,26,28)/t18-,19+,20-,21+,25+/m1/s1. The van der Waals surface area contributed by atoms with Gasteiger partial charge in [-0.2, -0.15) is 0 Å². The summed E-state index contributed by atoms with van der Waals surface area (Å²) in [6.45, 7) is 11.2. The maximum atomic E-state index is 13.4. The van der Waals surface area contributed by atoms with Crippen LogP contribution in [-0.2, 0) is 4.79 Å². The molecule has 3 rings (SSSR count). The Morgan fingerprint density at radius 2 is 1.79 bits per heavy atom. The number of hydrogen-bond acceptors (Lipinski definition) is 2. The molecule has 5 atom stereocenters. The van der Waals surface area contributed by atoms with Crippen LogP contribution in [0.15, 0.2) is 30.3 Å². The molecule has 1 amide bonds. The second-order valence-corrected chi connectivity index (χ2v) is 12.6. The Bertz CT molecular complexity index is 732. The zero-order valence-corrected chi connectivity index (χ0v) is 20.4. The molecular formula is C25H37NO2Se. The van der Waals surface area contributed by atoms with E-state index < -0.39 is 0 Å². The molecule has 0 spiro atoms. The molecule has 4 heteroatoms. The fourth-order valence-corrected chi connectivity index (χ4v) is 10.1. The van der Waals surface area contributed by atoms with Crippen molar-refractivity contribution >= 4 is 26.6 Å². The SMILES string of the molecule is CCC[C@H](NC(=O)c1ccccc1)[C@@H](CCC)[Se][C@@H]1C(=O)[C@]2(C)CC[C@H]1C2(C)C. The summed E-state index contributed by atoms with van der Waals surface area (Å²) >= 11 is 0.219. The molecule has 2 fully saturated rings. The molecule has 160 valence electrons. The van der Waals surface area contributed by atoms with E-state index >= 15 is 0 Å². The average molecular weight is 463 g/mol. The molecule has 0 unspecified atom stereocenters. The summed E-state index contributed by atoms with van der Waals surface area (Å²) in [5.41, 5.74) is 0.691. The topological polar surface area (TPSA) is 46.2 Å². The number of carbonyl (C=O) groups excluding carboxylic acids is 2. The molecule has 0 radical (unpaired) electrons. The van der Waals surface area contributed by atoms with Crippen molar-refractivity contribution in [1.29, 1.82) is 0 Å². The van der Waals surface area contributed by atoms with Crippen LogP contribution in [0.4, 0.5) is 0 Å². The minimum absolute atomic E-state index is 0.0208. The van der Waals surface area contributed by atoms with E-state index in [1.165, 1.54) is 6.42 Å². The van der Waals surface area contributed by atoms with Gasteiger partial charge in [-0.1, -0.05) is 0 Å². The van der Waals surface area contributed by atoms with E-state index in [-0.39, 0.29) is 42.6 Å². The van der Waals surface area contributed by atoms with Crippen molar-refractivity contribution in [3.8, 4) is 0 Å². The van der Waals surface area contributed by atoms with E-state index in [2.05, 4.69) is 39.9 Å². The van der Waals surface area contributed by atoms with Gasteiger partial charge in [0.1, 0.15) is 0 Å². The van der Waals surface area contributed by atoms with Crippen LogP contribution in [0.1, 0.15) is 83.5 Å². The van der Waals surface area contributed by atoms with Crippen LogP contribution in [0.2, 0.25) is 9.63 Å². The van der Waals surface area contributed by atoms with Gasteiger partial charge in [-0.15, -0.1) is 0 Å². The van der Waals surface area contributed by atoms with Crippen molar-refractivity contribution in [2.75, 3.05) is 0 Å². The van der Waals surface area contributed by atoms with Gasteiger partial charge in [0, 0.05) is 0 Å². The van der Waals surface area contributed by atoms with Gasteiger partial charge in [-0.05, 0) is 0 Å². The fourth-order valence-electron chi connectivity index (χ4n) is 5.50. The van der Waals surface area contributed by atoms with Crippen LogP contribution in [0, 0.1) is 16.7 Å². The predicted octanol–water partition coefficient (Wildman–Crippen LogP) is 5.69. The Kier molecular flexibility index (Phi) is 6.95. The van der Waals surface area contributed by atoms with Crippen LogP contribution in [-0.4, -0.2) is 32.7 Å². The summed E-state index contributed by atoms with van der Waals surface area (Å²) < 4.78 is 0. The van der Waals surface area contributed by atoms with Gasteiger partial charge in [0.15, 0.2) is 0 Å². The quantitative estimate of drug-likeness (QED) is 0.479. The molecule has 1 N–H and O–H groups in total. The van der Waals surface area contributed by atoms with Crippen LogP contribution < -0.4 is 5.32 Å². The summed E-state index contributed by atoms with van der Waals surface area (Å²) in [6, 6.07) is 9.67. The molecule has 0 aliphatic heterocycles. The van der Waals surface area contributed by atoms with Gasteiger partial charge < -0.3 is 0 Å². The number of amides is 1. The third-order valence-corrected chi connectivity index (χ3v) is 11.4. The zero-order chi connectivity index (χ0) is 21.2. The second kappa shape index (κ2) is 8.94. The Hall–Kier alpha value is -1.12. The van der Waals surface area contributed by atoms with Crippen molar-refractivity contribution in [3.63, 3.8) is 0 Å². The summed E-state index contributed by atoms with van der Waals surface area (Å²) in [5, 5.41) is 3.35. The Labute approximate surface area is 183 Å². The van der Waals surface area contributed by atoms with E-state index in [0.29, 0.717) is 16.5 Å². The second-order valence-electron chi connectivity index (χ2n) is 9.68. The van der Waals surface area contributed by atoms with Crippen LogP contribution >= 0.6 is 0 Å². The van der Waals surface area contributed by atoms with Gasteiger partial charge in [0.25, 0.3) is 0 Å². The number of hydrogen-bond donors (Lipinski definition) is 1. The number of benzene rings is 1. The predicted molar refractivity (Wildman–Crippen MR) is 120 cm³/mol. The van der Waals surface area contributed by atoms with Gasteiger partial charge in [-0.3, -0.25) is 0 Å². The van der Waals surface area contributed by atoms with Crippen molar-refractivity contribution in [2.24, 2.45) is 16.7 Å². The van der Waals surface area contributed by atoms with E-state index in [0.717, 1.165) is 37.7 Å². The van der Waals surface area contributed by atoms with E-state index in [1.54, 1.807) is 0 Å². The molecule has 2 saturated carbocycles. The Morgan fingerprint density at radius 3 is 2.34 bits per heavy atom. The average Bonchev–Trinajstić information content (AvgIpc) is 3.01. The van der Waals surface area contributed by atoms with E-state index in [9.17, 15) is 9.59 Å². The van der Waals surface area contributed by atoms with Gasteiger partial charge in [-0.25, -0.2) is 0 Å². The zero-order valence-electron chi connectivity index (χ0n) is 18.7. The fraction of sp³-hybridized carbons (Fsp3) is 0.680. The first kappa shape index (κ1) is 22.6. The van der Waals surface area contributed by atoms with E-state index in [4.69, 9.17) is 0 Å². The molecule has 2 aliphatic carbocycles. The number of carbonyl (C=O) groups is 2. The number of fused-ring (bicyclic) bond motifs is 2. The van der Waals surface area contributed by atoms with Crippen molar-refractivity contribution in [3.05, 3.63) is 35.9 Å². The third-order valence-electron chi connectivity index (χ3n) is 7.77. The monoisotopic (exact) mass is 463 g/mol. The molecule has 0 heterocycles.